The molecule has 0 spiro atoms. The highest BCUT2D eigenvalue weighted by Crippen LogP contribution is 2.27. The van der Waals surface area contributed by atoms with Crippen molar-refractivity contribution in [3.8, 4) is 5.69 Å². The minimum absolute atomic E-state index is 0.453. The summed E-state index contributed by atoms with van der Waals surface area (Å²) >= 11 is 9.48. The van der Waals surface area contributed by atoms with Crippen molar-refractivity contribution in [3.63, 3.8) is 0 Å². The van der Waals surface area contributed by atoms with Gasteiger partial charge in [0.1, 0.15) is 0 Å². The van der Waals surface area contributed by atoms with Gasteiger partial charge in [0.05, 0.1) is 16.7 Å². The van der Waals surface area contributed by atoms with Gasteiger partial charge in [-0.3, -0.25) is 4.57 Å². The molecule has 5 heteroatoms. The van der Waals surface area contributed by atoms with E-state index in [2.05, 4.69) is 33.0 Å². The summed E-state index contributed by atoms with van der Waals surface area (Å²) in [6.07, 6.45) is 0. The lowest BCUT2D eigenvalue weighted by molar-refractivity contribution is 1.10. The van der Waals surface area contributed by atoms with E-state index in [4.69, 9.17) is 17.3 Å². The Morgan fingerprint density at radius 3 is 2.74 bits per heavy atom. The van der Waals surface area contributed by atoms with Gasteiger partial charge in [-0.15, -0.1) is 0 Å². The highest BCUT2D eigenvalue weighted by molar-refractivity contribution is 9.10. The lowest BCUT2D eigenvalue weighted by Crippen LogP contribution is -2.00. The second-order valence-electron chi connectivity index (χ2n) is 4.43. The Bertz CT molecular complexity index is 759. The summed E-state index contributed by atoms with van der Waals surface area (Å²) in [4.78, 5) is 4.35. The molecule has 0 fully saturated rings. The normalized spacial score (nSPS) is 11.1. The molecule has 0 radical (unpaired) electrons. The van der Waals surface area contributed by atoms with Crippen molar-refractivity contribution in [3.05, 3.63) is 51.5 Å². The van der Waals surface area contributed by atoms with Crippen LogP contribution in [0.4, 0.5) is 5.95 Å². The second-order valence-corrected chi connectivity index (χ2v) is 5.78. The molecule has 2 aromatic carbocycles. The standard InChI is InChI=1S/C14H11BrClN3/c1-8-4-9(15)6-11(5-8)19-13-3-2-10(16)7-12(13)18-14(19)17/h2-7H,1H3,(H2,17,18). The first-order chi connectivity index (χ1) is 9.04. The smallest absolute Gasteiger partial charge is 0.205 e. The zero-order chi connectivity index (χ0) is 13.6. The fourth-order valence-electron chi connectivity index (χ4n) is 2.19. The predicted octanol–water partition coefficient (Wildman–Crippen LogP) is 4.33. The van der Waals surface area contributed by atoms with Gasteiger partial charge in [0.2, 0.25) is 5.95 Å². The molecule has 0 unspecified atom stereocenters. The number of benzene rings is 2. The summed E-state index contributed by atoms with van der Waals surface area (Å²) in [7, 11) is 0. The predicted molar refractivity (Wildman–Crippen MR) is 82.9 cm³/mol. The van der Waals surface area contributed by atoms with Crippen LogP contribution < -0.4 is 5.73 Å². The zero-order valence-corrected chi connectivity index (χ0v) is 12.5. The van der Waals surface area contributed by atoms with Crippen molar-refractivity contribution in [2.45, 2.75) is 6.92 Å². The number of hydrogen-bond acceptors (Lipinski definition) is 2. The minimum Gasteiger partial charge on any atom is -0.369 e. The molecule has 0 amide bonds. The number of fused-ring (bicyclic) bond motifs is 1. The van der Waals surface area contributed by atoms with Crippen LogP contribution in [0.3, 0.4) is 0 Å². The van der Waals surface area contributed by atoms with E-state index < -0.39 is 0 Å². The Balaban J connectivity index is 2.32. The molecule has 2 N–H and O–H groups in total. The molecule has 0 atom stereocenters. The number of rotatable bonds is 1. The third-order valence-corrected chi connectivity index (χ3v) is 3.62. The first-order valence-corrected chi connectivity index (χ1v) is 6.93. The van der Waals surface area contributed by atoms with Crippen LogP contribution in [0.5, 0.6) is 0 Å². The Labute approximate surface area is 124 Å². The number of halogens is 2. The lowest BCUT2D eigenvalue weighted by Gasteiger charge is -2.08. The molecule has 3 nitrogen and oxygen atoms in total. The molecular formula is C14H11BrClN3. The Morgan fingerprint density at radius 2 is 2.00 bits per heavy atom. The summed E-state index contributed by atoms with van der Waals surface area (Å²) in [5.41, 5.74) is 9.90. The van der Waals surface area contributed by atoms with Gasteiger partial charge in [0.15, 0.2) is 0 Å². The topological polar surface area (TPSA) is 43.8 Å². The average Bonchev–Trinajstić information content (AvgIpc) is 2.62. The summed E-state index contributed by atoms with van der Waals surface area (Å²) < 4.78 is 2.93. The molecule has 19 heavy (non-hydrogen) atoms. The van der Waals surface area contributed by atoms with Crippen LogP contribution in [-0.2, 0) is 0 Å². The molecule has 0 aliphatic rings. The second kappa shape index (κ2) is 4.54. The van der Waals surface area contributed by atoms with Crippen LogP contribution in [0.1, 0.15) is 5.56 Å². The molecule has 0 aliphatic carbocycles. The highest BCUT2D eigenvalue weighted by Gasteiger charge is 2.11. The van der Waals surface area contributed by atoms with Gasteiger partial charge >= 0.3 is 0 Å². The molecule has 0 bridgehead atoms. The first-order valence-electron chi connectivity index (χ1n) is 5.75. The van der Waals surface area contributed by atoms with Gasteiger partial charge in [-0.2, -0.15) is 0 Å². The molecule has 3 rings (SSSR count). The van der Waals surface area contributed by atoms with E-state index in [-0.39, 0.29) is 0 Å². The zero-order valence-electron chi connectivity index (χ0n) is 10.2. The Hall–Kier alpha value is -1.52. The number of nitrogens with two attached hydrogens (primary N) is 1. The number of aryl methyl sites for hydroxylation is 1. The van der Waals surface area contributed by atoms with Gasteiger partial charge in [-0.25, -0.2) is 4.98 Å². The first kappa shape index (κ1) is 12.5. The number of imidazole rings is 1. The van der Waals surface area contributed by atoms with Crippen LogP contribution in [0.25, 0.3) is 16.7 Å². The number of aromatic nitrogens is 2. The maximum atomic E-state index is 6.03. The third-order valence-electron chi connectivity index (χ3n) is 2.93. The van der Waals surface area contributed by atoms with Crippen molar-refractivity contribution in [2.75, 3.05) is 5.73 Å². The summed E-state index contributed by atoms with van der Waals surface area (Å²) in [6.45, 7) is 2.04. The van der Waals surface area contributed by atoms with Crippen molar-refractivity contribution in [1.29, 1.82) is 0 Å². The summed E-state index contributed by atoms with van der Waals surface area (Å²) in [6, 6.07) is 11.7. The quantitative estimate of drug-likeness (QED) is 0.718. The van der Waals surface area contributed by atoms with Gasteiger partial charge < -0.3 is 5.73 Å². The number of hydrogen-bond donors (Lipinski definition) is 1. The van der Waals surface area contributed by atoms with E-state index in [1.165, 1.54) is 0 Å². The molecule has 1 heterocycles. The number of anilines is 1. The number of nitrogens with zero attached hydrogens (tertiary/aromatic N) is 2. The van der Waals surface area contributed by atoms with Crippen LogP contribution >= 0.6 is 27.5 Å². The SMILES string of the molecule is Cc1cc(Br)cc(-n2c(N)nc3cc(Cl)ccc32)c1. The van der Waals surface area contributed by atoms with Crippen molar-refractivity contribution < 1.29 is 0 Å². The Kier molecular flexibility index (Phi) is 2.99. The molecule has 3 aromatic rings. The summed E-state index contributed by atoms with van der Waals surface area (Å²) in [5.74, 6) is 0.453. The van der Waals surface area contributed by atoms with Crippen molar-refractivity contribution in [2.24, 2.45) is 0 Å². The van der Waals surface area contributed by atoms with Crippen LogP contribution in [0, 0.1) is 6.92 Å². The average molecular weight is 337 g/mol. The van der Waals surface area contributed by atoms with Gasteiger partial charge in [0, 0.05) is 9.50 Å². The maximum Gasteiger partial charge on any atom is 0.205 e. The van der Waals surface area contributed by atoms with E-state index in [1.807, 2.05) is 35.8 Å². The molecule has 1 aromatic heterocycles. The van der Waals surface area contributed by atoms with Crippen molar-refractivity contribution in [1.82, 2.24) is 9.55 Å². The fourth-order valence-corrected chi connectivity index (χ4v) is 2.95. The molecule has 0 saturated carbocycles. The van der Waals surface area contributed by atoms with Gasteiger partial charge in [-0.1, -0.05) is 27.5 Å². The summed E-state index contributed by atoms with van der Waals surface area (Å²) in [5, 5.41) is 0.655. The fraction of sp³-hybridized carbons (Fsp3) is 0.0714. The van der Waals surface area contributed by atoms with Crippen LogP contribution in [-0.4, -0.2) is 9.55 Å². The minimum atomic E-state index is 0.453. The van der Waals surface area contributed by atoms with E-state index in [9.17, 15) is 0 Å². The van der Waals surface area contributed by atoms with Crippen LogP contribution in [0.2, 0.25) is 5.02 Å². The third kappa shape index (κ3) is 2.22. The molecule has 0 saturated heterocycles. The Morgan fingerprint density at radius 1 is 1.21 bits per heavy atom. The molecule has 96 valence electrons. The van der Waals surface area contributed by atoms with E-state index in [0.29, 0.717) is 11.0 Å². The van der Waals surface area contributed by atoms with Crippen LogP contribution in [0.15, 0.2) is 40.9 Å². The van der Waals surface area contributed by atoms with E-state index >= 15 is 0 Å². The van der Waals surface area contributed by atoms with Gasteiger partial charge in [-0.05, 0) is 48.9 Å². The van der Waals surface area contributed by atoms with Gasteiger partial charge in [0.25, 0.3) is 0 Å². The largest absolute Gasteiger partial charge is 0.369 e. The highest BCUT2D eigenvalue weighted by atomic mass is 79.9. The molecular weight excluding hydrogens is 326 g/mol. The molecule has 0 aliphatic heterocycles. The monoisotopic (exact) mass is 335 g/mol. The maximum absolute atomic E-state index is 6.03. The van der Waals surface area contributed by atoms with E-state index in [0.717, 1.165) is 26.8 Å². The van der Waals surface area contributed by atoms with E-state index in [1.54, 1.807) is 0 Å². The lowest BCUT2D eigenvalue weighted by atomic mass is 10.2. The van der Waals surface area contributed by atoms with Crippen molar-refractivity contribution >= 4 is 44.5 Å². The number of nitrogen functional groups attached to an aromatic ring is 1.